The van der Waals surface area contributed by atoms with Crippen LogP contribution in [0.15, 0.2) is 11.1 Å². The monoisotopic (exact) mass is 381 g/mol. The first-order chi connectivity index (χ1) is 12.8. The molecule has 0 aromatic carbocycles. The average molecular weight is 381 g/mol. The number of methoxy groups -OCH3 is 1. The minimum atomic E-state index is -1.06. The number of carbonyl (C=O) groups is 1. The molecule has 0 aliphatic carbocycles. The molecule has 1 fully saturated rings. The average Bonchev–Trinajstić information content (AvgIpc) is 3.14. The standard InChI is InChI=1S/C16H23N5O6/c1-7(2)4-9(23)18-16-19-13-10(14(25)20-16)17-6-21(13)15-12(26-3)11(24)8(5-22)27-15/h6-8,11-12,15,22,24H,4-5H2,1-3H3,(H2,18,19,20,23,25)/t8-,11-,12-,15-/m1/s1. The number of fused-ring (bicyclic) bond motifs is 1. The first kappa shape index (κ1) is 19.4. The molecule has 3 heterocycles. The summed E-state index contributed by atoms with van der Waals surface area (Å²) in [4.78, 5) is 35.0. The number of hydrogen-bond acceptors (Lipinski definition) is 8. The summed E-state index contributed by atoms with van der Waals surface area (Å²) < 4.78 is 12.4. The fourth-order valence-electron chi connectivity index (χ4n) is 3.07. The topological polar surface area (TPSA) is 152 Å². The Hall–Kier alpha value is -2.34. The number of aromatic amines is 1. The van der Waals surface area contributed by atoms with Crippen LogP contribution in [0.4, 0.5) is 5.95 Å². The Labute approximate surface area is 154 Å². The van der Waals surface area contributed by atoms with Crippen LogP contribution in [0.1, 0.15) is 26.5 Å². The Morgan fingerprint density at radius 3 is 2.89 bits per heavy atom. The normalized spacial score (nSPS) is 25.4. The number of H-pyrrole nitrogens is 1. The number of anilines is 1. The molecule has 148 valence electrons. The van der Waals surface area contributed by atoms with Crippen molar-refractivity contribution < 1.29 is 24.5 Å². The Bertz CT molecular complexity index is 878. The molecule has 1 saturated heterocycles. The van der Waals surface area contributed by atoms with Gasteiger partial charge < -0.3 is 19.7 Å². The molecule has 0 radical (unpaired) electrons. The van der Waals surface area contributed by atoms with Crippen molar-refractivity contribution in [2.75, 3.05) is 19.0 Å². The van der Waals surface area contributed by atoms with Gasteiger partial charge in [-0.15, -0.1) is 0 Å². The molecule has 11 nitrogen and oxygen atoms in total. The zero-order chi connectivity index (χ0) is 19.7. The number of rotatable bonds is 6. The number of carbonyl (C=O) groups excluding carboxylic acids is 1. The van der Waals surface area contributed by atoms with E-state index in [0.29, 0.717) is 0 Å². The van der Waals surface area contributed by atoms with E-state index < -0.39 is 36.7 Å². The smallest absolute Gasteiger partial charge is 0.280 e. The molecular weight excluding hydrogens is 358 g/mol. The van der Waals surface area contributed by atoms with Gasteiger partial charge in [-0.1, -0.05) is 13.8 Å². The lowest BCUT2D eigenvalue weighted by atomic mass is 10.1. The molecule has 3 rings (SSSR count). The number of imidazole rings is 1. The van der Waals surface area contributed by atoms with Crippen LogP contribution in [0, 0.1) is 5.92 Å². The number of amides is 1. The Kier molecular flexibility index (Phi) is 5.56. The number of nitrogens with zero attached hydrogens (tertiary/aromatic N) is 3. The number of nitrogens with one attached hydrogen (secondary N) is 2. The minimum Gasteiger partial charge on any atom is -0.394 e. The predicted molar refractivity (Wildman–Crippen MR) is 94.0 cm³/mol. The Morgan fingerprint density at radius 1 is 1.52 bits per heavy atom. The largest absolute Gasteiger partial charge is 0.394 e. The molecule has 0 unspecified atom stereocenters. The van der Waals surface area contributed by atoms with Crippen LogP contribution in [0.3, 0.4) is 0 Å². The van der Waals surface area contributed by atoms with Crippen LogP contribution in [0.25, 0.3) is 11.2 Å². The van der Waals surface area contributed by atoms with E-state index >= 15 is 0 Å². The lowest BCUT2D eigenvalue weighted by Gasteiger charge is -2.20. The molecule has 0 bridgehead atoms. The zero-order valence-corrected chi connectivity index (χ0v) is 15.2. The Balaban J connectivity index is 1.97. The van der Waals surface area contributed by atoms with E-state index in [1.54, 1.807) is 0 Å². The summed E-state index contributed by atoms with van der Waals surface area (Å²) >= 11 is 0. The van der Waals surface area contributed by atoms with Gasteiger partial charge >= 0.3 is 0 Å². The molecule has 1 amide bonds. The van der Waals surface area contributed by atoms with Crippen LogP contribution in [0.2, 0.25) is 0 Å². The van der Waals surface area contributed by atoms with E-state index in [0.717, 1.165) is 0 Å². The minimum absolute atomic E-state index is 0.00822. The van der Waals surface area contributed by atoms with Crippen molar-refractivity contribution in [2.24, 2.45) is 5.92 Å². The predicted octanol–water partition coefficient (Wildman–Crippen LogP) is -0.630. The second-order valence-corrected chi connectivity index (χ2v) is 6.82. The maximum Gasteiger partial charge on any atom is 0.280 e. The van der Waals surface area contributed by atoms with Crippen LogP contribution in [-0.4, -0.2) is 67.7 Å². The van der Waals surface area contributed by atoms with E-state index in [-0.39, 0.29) is 35.4 Å². The molecular formula is C16H23N5O6. The molecule has 4 atom stereocenters. The first-order valence-electron chi connectivity index (χ1n) is 8.59. The highest BCUT2D eigenvalue weighted by Gasteiger charge is 2.45. The summed E-state index contributed by atoms with van der Waals surface area (Å²) in [6.45, 7) is 3.41. The lowest BCUT2D eigenvalue weighted by Crippen LogP contribution is -2.34. The van der Waals surface area contributed by atoms with Gasteiger partial charge in [0, 0.05) is 13.5 Å². The summed E-state index contributed by atoms with van der Waals surface area (Å²) in [7, 11) is 1.40. The second kappa shape index (κ2) is 7.72. The third kappa shape index (κ3) is 3.72. The van der Waals surface area contributed by atoms with Crippen molar-refractivity contribution in [3.63, 3.8) is 0 Å². The van der Waals surface area contributed by atoms with Crippen LogP contribution in [0.5, 0.6) is 0 Å². The van der Waals surface area contributed by atoms with E-state index in [9.17, 15) is 19.8 Å². The third-order valence-corrected chi connectivity index (χ3v) is 4.32. The third-order valence-electron chi connectivity index (χ3n) is 4.32. The summed E-state index contributed by atoms with van der Waals surface area (Å²) in [5, 5.41) is 22.1. The molecule has 27 heavy (non-hydrogen) atoms. The number of aromatic nitrogens is 4. The fraction of sp³-hybridized carbons (Fsp3) is 0.625. The molecule has 0 spiro atoms. The maximum atomic E-state index is 12.3. The lowest BCUT2D eigenvalue weighted by molar-refractivity contribution is -0.116. The highest BCUT2D eigenvalue weighted by molar-refractivity contribution is 5.89. The van der Waals surface area contributed by atoms with Crippen LogP contribution in [-0.2, 0) is 14.3 Å². The van der Waals surface area contributed by atoms with Gasteiger partial charge in [-0.05, 0) is 5.92 Å². The number of ether oxygens (including phenoxy) is 2. The number of aliphatic hydroxyl groups is 2. The quantitative estimate of drug-likeness (QED) is 0.516. The molecule has 4 N–H and O–H groups in total. The van der Waals surface area contributed by atoms with Gasteiger partial charge in [-0.2, -0.15) is 4.98 Å². The van der Waals surface area contributed by atoms with Crippen molar-refractivity contribution >= 4 is 23.0 Å². The van der Waals surface area contributed by atoms with Gasteiger partial charge in [0.25, 0.3) is 5.56 Å². The molecule has 0 saturated carbocycles. The highest BCUT2D eigenvalue weighted by Crippen LogP contribution is 2.32. The van der Waals surface area contributed by atoms with Crippen molar-refractivity contribution in [3.8, 4) is 0 Å². The Morgan fingerprint density at radius 2 is 2.26 bits per heavy atom. The van der Waals surface area contributed by atoms with Crippen molar-refractivity contribution in [3.05, 3.63) is 16.7 Å². The first-order valence-corrected chi connectivity index (χ1v) is 8.59. The maximum absolute atomic E-state index is 12.3. The summed E-state index contributed by atoms with van der Waals surface area (Å²) in [6, 6.07) is 0. The van der Waals surface area contributed by atoms with Gasteiger partial charge in [-0.3, -0.25) is 24.5 Å². The summed E-state index contributed by atoms with van der Waals surface area (Å²) in [5.41, 5.74) is -0.307. The SMILES string of the molecule is CO[C@@H]1[C@H](O)[C@@H](CO)O[C@H]1n1cnc2c(=O)[nH]c(NC(=O)CC(C)C)nc21. The van der Waals surface area contributed by atoms with Gasteiger partial charge in [0.15, 0.2) is 17.4 Å². The van der Waals surface area contributed by atoms with Gasteiger partial charge in [-0.25, -0.2) is 4.98 Å². The van der Waals surface area contributed by atoms with Crippen molar-refractivity contribution in [2.45, 2.75) is 44.8 Å². The molecule has 11 heteroatoms. The second-order valence-electron chi connectivity index (χ2n) is 6.82. The fourth-order valence-corrected chi connectivity index (χ4v) is 3.07. The van der Waals surface area contributed by atoms with E-state index in [1.165, 1.54) is 18.0 Å². The van der Waals surface area contributed by atoms with E-state index in [1.807, 2.05) is 13.8 Å². The van der Waals surface area contributed by atoms with Crippen LogP contribution < -0.4 is 10.9 Å². The van der Waals surface area contributed by atoms with E-state index in [2.05, 4.69) is 20.3 Å². The van der Waals surface area contributed by atoms with Crippen molar-refractivity contribution in [1.82, 2.24) is 19.5 Å². The summed E-state index contributed by atoms with van der Waals surface area (Å²) in [5.74, 6) is -0.135. The van der Waals surface area contributed by atoms with Gasteiger partial charge in [0.1, 0.15) is 18.3 Å². The van der Waals surface area contributed by atoms with Gasteiger partial charge in [0.05, 0.1) is 12.9 Å². The van der Waals surface area contributed by atoms with E-state index in [4.69, 9.17) is 9.47 Å². The molecule has 1 aliphatic rings. The zero-order valence-electron chi connectivity index (χ0n) is 15.2. The molecule has 1 aliphatic heterocycles. The molecule has 2 aromatic rings. The molecule has 2 aromatic heterocycles. The number of aliphatic hydroxyl groups excluding tert-OH is 2. The summed E-state index contributed by atoms with van der Waals surface area (Å²) in [6.07, 6.45) is -1.92. The van der Waals surface area contributed by atoms with Crippen LogP contribution >= 0.6 is 0 Å². The van der Waals surface area contributed by atoms with Gasteiger partial charge in [0.2, 0.25) is 11.9 Å². The highest BCUT2D eigenvalue weighted by atomic mass is 16.6. The van der Waals surface area contributed by atoms with Crippen molar-refractivity contribution in [1.29, 1.82) is 0 Å². The number of hydrogen-bond donors (Lipinski definition) is 4.